The first-order valence-electron chi connectivity index (χ1n) is 7.94. The number of aryl methyl sites for hydroxylation is 1. The normalized spacial score (nSPS) is 12.9. The molecule has 6 nitrogen and oxygen atoms in total. The lowest BCUT2D eigenvalue weighted by molar-refractivity contribution is 0.369. The summed E-state index contributed by atoms with van der Waals surface area (Å²) in [5.41, 5.74) is 0. The Morgan fingerprint density at radius 1 is 1.27 bits per heavy atom. The molecule has 1 rings (SSSR count). The molecule has 0 saturated heterocycles. The predicted molar refractivity (Wildman–Crippen MR) is 101 cm³/mol. The molecule has 0 radical (unpaired) electrons. The van der Waals surface area contributed by atoms with E-state index in [0.717, 1.165) is 44.1 Å². The van der Waals surface area contributed by atoms with E-state index in [9.17, 15) is 0 Å². The Kier molecular flexibility index (Phi) is 11.2. The van der Waals surface area contributed by atoms with Crippen LogP contribution in [0.4, 0.5) is 0 Å². The molecular formula is C15H30IN5O. The van der Waals surface area contributed by atoms with Gasteiger partial charge in [0.25, 0.3) is 0 Å². The van der Waals surface area contributed by atoms with Crippen LogP contribution in [0.15, 0.2) is 9.52 Å². The largest absolute Gasteiger partial charge is 0.357 e. The Morgan fingerprint density at radius 2 is 2.00 bits per heavy atom. The van der Waals surface area contributed by atoms with E-state index in [-0.39, 0.29) is 24.0 Å². The van der Waals surface area contributed by atoms with Crippen LogP contribution in [0.2, 0.25) is 0 Å². The molecule has 0 fully saturated rings. The molecule has 0 aromatic carbocycles. The molecule has 0 aliphatic rings. The minimum absolute atomic E-state index is 0. The fourth-order valence-electron chi connectivity index (χ4n) is 1.68. The number of aromatic nitrogens is 2. The molecule has 1 heterocycles. The maximum absolute atomic E-state index is 5.22. The van der Waals surface area contributed by atoms with Crippen molar-refractivity contribution in [3.63, 3.8) is 0 Å². The van der Waals surface area contributed by atoms with Crippen LogP contribution in [0, 0.1) is 0 Å². The molecule has 0 amide bonds. The summed E-state index contributed by atoms with van der Waals surface area (Å²) in [7, 11) is 0. The van der Waals surface area contributed by atoms with Gasteiger partial charge in [0, 0.05) is 31.5 Å². The van der Waals surface area contributed by atoms with Crippen molar-refractivity contribution in [2.75, 3.05) is 13.1 Å². The Labute approximate surface area is 150 Å². The summed E-state index contributed by atoms with van der Waals surface area (Å²) in [5.74, 6) is 2.66. The summed E-state index contributed by atoms with van der Waals surface area (Å²) in [6.07, 6.45) is 2.74. The number of hydrogen-bond donors (Lipinski definition) is 2. The van der Waals surface area contributed by atoms with E-state index >= 15 is 0 Å². The highest BCUT2D eigenvalue weighted by Crippen LogP contribution is 2.10. The zero-order chi connectivity index (χ0) is 15.7. The highest BCUT2D eigenvalue weighted by atomic mass is 127. The first kappa shape index (κ1) is 21.1. The molecule has 128 valence electrons. The van der Waals surface area contributed by atoms with Gasteiger partial charge in [-0.1, -0.05) is 25.9 Å². The summed E-state index contributed by atoms with van der Waals surface area (Å²) in [6, 6.07) is 0.423. The van der Waals surface area contributed by atoms with E-state index < -0.39 is 0 Å². The monoisotopic (exact) mass is 423 g/mol. The molecule has 0 bridgehead atoms. The second-order valence-electron chi connectivity index (χ2n) is 5.52. The molecule has 1 aromatic heterocycles. The molecule has 0 spiro atoms. The van der Waals surface area contributed by atoms with Crippen molar-refractivity contribution in [1.29, 1.82) is 0 Å². The van der Waals surface area contributed by atoms with Crippen molar-refractivity contribution in [3.8, 4) is 0 Å². The molecule has 1 atom stereocenters. The Bertz CT molecular complexity index is 433. The maximum atomic E-state index is 5.22. The molecule has 0 aliphatic heterocycles. The van der Waals surface area contributed by atoms with Gasteiger partial charge < -0.3 is 15.2 Å². The van der Waals surface area contributed by atoms with E-state index in [1.165, 1.54) is 0 Å². The van der Waals surface area contributed by atoms with Gasteiger partial charge in [0.15, 0.2) is 11.8 Å². The van der Waals surface area contributed by atoms with Gasteiger partial charge in [0.1, 0.15) is 0 Å². The van der Waals surface area contributed by atoms with E-state index in [0.29, 0.717) is 17.9 Å². The first-order chi connectivity index (χ1) is 10.1. The number of guanidine groups is 1. The van der Waals surface area contributed by atoms with E-state index in [1.54, 1.807) is 0 Å². The van der Waals surface area contributed by atoms with Crippen LogP contribution in [0.1, 0.15) is 65.1 Å². The van der Waals surface area contributed by atoms with Gasteiger partial charge >= 0.3 is 0 Å². The van der Waals surface area contributed by atoms with Gasteiger partial charge in [-0.05, 0) is 26.7 Å². The molecule has 22 heavy (non-hydrogen) atoms. The zero-order valence-corrected chi connectivity index (χ0v) is 16.7. The van der Waals surface area contributed by atoms with Crippen LogP contribution in [0.5, 0.6) is 0 Å². The Morgan fingerprint density at radius 3 is 2.55 bits per heavy atom. The Balaban J connectivity index is 0.00000441. The molecule has 2 N–H and O–H groups in total. The summed E-state index contributed by atoms with van der Waals surface area (Å²) in [4.78, 5) is 8.93. The number of nitrogens with zero attached hydrogens (tertiary/aromatic N) is 3. The molecule has 0 aliphatic carbocycles. The summed E-state index contributed by atoms with van der Waals surface area (Å²) in [6.45, 7) is 12.1. The second-order valence-corrected chi connectivity index (χ2v) is 5.52. The highest BCUT2D eigenvalue weighted by Gasteiger charge is 2.09. The standard InChI is InChI=1S/C15H29N5O.HI/c1-6-12(5)18-15(16-7-2)17-10-8-9-13-19-14(11(3)4)20-21-13;/h11-12H,6-10H2,1-5H3,(H2,16,17,18);1H. The van der Waals surface area contributed by atoms with Crippen molar-refractivity contribution >= 4 is 29.9 Å². The lowest BCUT2D eigenvalue weighted by Crippen LogP contribution is -2.42. The van der Waals surface area contributed by atoms with Crippen molar-refractivity contribution in [1.82, 2.24) is 20.8 Å². The minimum atomic E-state index is 0. The third kappa shape index (κ3) is 7.95. The van der Waals surface area contributed by atoms with Gasteiger partial charge in [0.2, 0.25) is 5.89 Å². The molecular weight excluding hydrogens is 393 g/mol. The minimum Gasteiger partial charge on any atom is -0.357 e. The summed E-state index contributed by atoms with van der Waals surface area (Å²) in [5, 5.41) is 10.6. The van der Waals surface area contributed by atoms with Crippen molar-refractivity contribution < 1.29 is 4.52 Å². The maximum Gasteiger partial charge on any atom is 0.226 e. The quantitative estimate of drug-likeness (QED) is 0.291. The van der Waals surface area contributed by atoms with Crippen LogP contribution >= 0.6 is 24.0 Å². The van der Waals surface area contributed by atoms with Gasteiger partial charge in [0.05, 0.1) is 0 Å². The van der Waals surface area contributed by atoms with E-state index in [4.69, 9.17) is 4.52 Å². The van der Waals surface area contributed by atoms with Gasteiger partial charge in [-0.3, -0.25) is 4.99 Å². The van der Waals surface area contributed by atoms with E-state index in [2.05, 4.69) is 60.4 Å². The van der Waals surface area contributed by atoms with Crippen LogP contribution in [-0.4, -0.2) is 35.2 Å². The number of halogens is 1. The fraction of sp³-hybridized carbons (Fsp3) is 0.800. The van der Waals surface area contributed by atoms with E-state index in [1.807, 2.05) is 0 Å². The molecule has 0 saturated carbocycles. The fourth-order valence-corrected chi connectivity index (χ4v) is 1.68. The number of rotatable bonds is 8. The summed E-state index contributed by atoms with van der Waals surface area (Å²) >= 11 is 0. The SMILES string of the molecule is CCNC(=NCCCc1nc(C(C)C)no1)NC(C)CC.I. The van der Waals surface area contributed by atoms with Gasteiger partial charge in [-0.15, -0.1) is 24.0 Å². The zero-order valence-electron chi connectivity index (χ0n) is 14.3. The first-order valence-corrected chi connectivity index (χ1v) is 7.94. The van der Waals surface area contributed by atoms with Crippen molar-refractivity contribution in [3.05, 3.63) is 11.7 Å². The van der Waals surface area contributed by atoms with Gasteiger partial charge in [-0.2, -0.15) is 4.98 Å². The predicted octanol–water partition coefficient (Wildman–Crippen LogP) is 3.10. The van der Waals surface area contributed by atoms with Crippen LogP contribution in [0.3, 0.4) is 0 Å². The third-order valence-corrected chi connectivity index (χ3v) is 3.16. The summed E-state index contributed by atoms with van der Waals surface area (Å²) < 4.78 is 5.22. The van der Waals surface area contributed by atoms with Crippen molar-refractivity contribution in [2.45, 2.75) is 65.8 Å². The third-order valence-electron chi connectivity index (χ3n) is 3.16. The number of aliphatic imine (C=N–C) groups is 1. The topological polar surface area (TPSA) is 75.3 Å². The average molecular weight is 423 g/mol. The van der Waals surface area contributed by atoms with Crippen LogP contribution in [-0.2, 0) is 6.42 Å². The average Bonchev–Trinajstić information content (AvgIpc) is 2.92. The molecule has 1 aromatic rings. The Hall–Kier alpha value is -0.860. The smallest absolute Gasteiger partial charge is 0.226 e. The molecule has 1 unspecified atom stereocenters. The second kappa shape index (κ2) is 11.7. The lowest BCUT2D eigenvalue weighted by Gasteiger charge is -2.16. The van der Waals surface area contributed by atoms with Crippen LogP contribution < -0.4 is 10.6 Å². The van der Waals surface area contributed by atoms with Crippen molar-refractivity contribution in [2.24, 2.45) is 4.99 Å². The highest BCUT2D eigenvalue weighted by molar-refractivity contribution is 14.0. The molecule has 7 heteroatoms. The van der Waals surface area contributed by atoms with Gasteiger partial charge in [-0.25, -0.2) is 0 Å². The van der Waals surface area contributed by atoms with Crippen LogP contribution in [0.25, 0.3) is 0 Å². The number of nitrogens with one attached hydrogen (secondary N) is 2. The number of hydrogen-bond acceptors (Lipinski definition) is 4. The lowest BCUT2D eigenvalue weighted by atomic mass is 10.2.